The minimum atomic E-state index is -0.856. The Morgan fingerprint density at radius 2 is 0.860 bits per heavy atom. The van der Waals surface area contributed by atoms with Crippen LogP contribution in [-0.4, -0.2) is 42.5 Å². The van der Waals surface area contributed by atoms with Crippen molar-refractivity contribution in [2.24, 2.45) is 0 Å². The number of hydrogen-bond donors (Lipinski definition) is 0. The molecular formula is C37H65N2OSi2Y. The molecule has 1 aliphatic rings. The van der Waals surface area contributed by atoms with Crippen LogP contribution in [0.3, 0.4) is 0 Å². The quantitative estimate of drug-likeness (QED) is 0.131. The van der Waals surface area contributed by atoms with Crippen molar-refractivity contribution in [2.75, 3.05) is 26.3 Å². The summed E-state index contributed by atoms with van der Waals surface area (Å²) in [5, 5.41) is 10.0. The van der Waals surface area contributed by atoms with Gasteiger partial charge in [0.05, 0.1) is 0 Å². The number of benzene rings is 2. The van der Waals surface area contributed by atoms with Gasteiger partial charge in [-0.2, -0.15) is 0 Å². The molecule has 6 heteroatoms. The first-order chi connectivity index (χ1) is 19.4. The molecule has 0 spiro atoms. The predicted octanol–water partition coefficient (Wildman–Crippen LogP) is 12.6. The van der Waals surface area contributed by atoms with E-state index in [9.17, 15) is 0 Å². The fourth-order valence-electron chi connectivity index (χ4n) is 5.52. The van der Waals surface area contributed by atoms with E-state index in [2.05, 4.69) is 137 Å². The molecule has 0 saturated carbocycles. The van der Waals surface area contributed by atoms with E-state index in [1.807, 2.05) is 0 Å². The Balaban J connectivity index is 0.000000966. The van der Waals surface area contributed by atoms with E-state index >= 15 is 0 Å². The van der Waals surface area contributed by atoms with Crippen molar-refractivity contribution in [1.29, 1.82) is 0 Å². The zero-order valence-electron chi connectivity index (χ0n) is 30.5. The molecule has 0 bridgehead atoms. The zero-order valence-corrected chi connectivity index (χ0v) is 35.3. The Kier molecular flexibility index (Phi) is 20.4. The summed E-state index contributed by atoms with van der Waals surface area (Å²) >= 11 is 0. The van der Waals surface area contributed by atoms with Gasteiger partial charge in [0.1, 0.15) is 0 Å². The third-order valence-corrected chi connectivity index (χ3v) is 13.9. The Bertz CT molecular complexity index is 898. The molecule has 0 aromatic heterocycles. The maximum absolute atomic E-state index is 5.02. The standard InChI is InChI=1S/C26H38N2.C7H19Si2.C4H8O.Y/c1-17(2)21-11-9-12-22(18(3)4)25(21)27-15-16-28-26-23(19(5)6)13-10-14-24(26)20(7)8;1-8(2,3)7-9(4,5)6;1-2-4-5-3-1;/h9-14,17-20H,15-16H2,1-8H3;7H,1-6H3;1-4H2;/q-2;-1;;+3. The van der Waals surface area contributed by atoms with Crippen LogP contribution in [0.2, 0.25) is 39.3 Å². The summed E-state index contributed by atoms with van der Waals surface area (Å²) in [6.45, 7) is 35.9. The summed E-state index contributed by atoms with van der Waals surface area (Å²) < 4.78 is 4.94. The average molecular weight is 699 g/mol. The predicted molar refractivity (Wildman–Crippen MR) is 196 cm³/mol. The Hall–Kier alpha value is -0.462. The van der Waals surface area contributed by atoms with Crippen LogP contribution in [0, 0.1) is 5.67 Å². The number of para-hydroxylation sites is 2. The second-order valence-corrected chi connectivity index (χ2v) is 25.8. The van der Waals surface area contributed by atoms with Gasteiger partial charge in [0.25, 0.3) is 0 Å². The maximum Gasteiger partial charge on any atom is 3.00 e. The van der Waals surface area contributed by atoms with E-state index in [1.54, 1.807) is 0 Å². The Labute approximate surface area is 295 Å². The number of rotatable bonds is 11. The normalized spacial score (nSPS) is 13.3. The van der Waals surface area contributed by atoms with Crippen LogP contribution in [0.4, 0.5) is 11.4 Å². The van der Waals surface area contributed by atoms with E-state index < -0.39 is 16.1 Å². The first-order valence-corrected chi connectivity index (χ1v) is 23.7. The van der Waals surface area contributed by atoms with Crippen LogP contribution >= 0.6 is 0 Å². The van der Waals surface area contributed by atoms with Crippen molar-refractivity contribution >= 4 is 27.5 Å². The van der Waals surface area contributed by atoms with Gasteiger partial charge in [0.2, 0.25) is 0 Å². The van der Waals surface area contributed by atoms with Crippen LogP contribution in [-0.2, 0) is 37.4 Å². The van der Waals surface area contributed by atoms with Gasteiger partial charge in [-0.25, -0.2) is 0 Å². The molecule has 240 valence electrons. The Morgan fingerprint density at radius 1 is 0.581 bits per heavy atom. The molecule has 2 aromatic rings. The fraction of sp³-hybridized carbons (Fsp3) is 0.649. The van der Waals surface area contributed by atoms with Crippen LogP contribution in [0.25, 0.3) is 10.6 Å². The summed E-state index contributed by atoms with van der Waals surface area (Å²) in [5.74, 6) is 1.90. The molecule has 1 heterocycles. The second-order valence-electron chi connectivity index (χ2n) is 15.1. The van der Waals surface area contributed by atoms with E-state index in [1.165, 1.54) is 46.5 Å². The molecule has 1 fully saturated rings. The van der Waals surface area contributed by atoms with Crippen molar-refractivity contribution in [3.63, 3.8) is 0 Å². The van der Waals surface area contributed by atoms with Gasteiger partial charge in [0.15, 0.2) is 0 Å². The average Bonchev–Trinajstić information content (AvgIpc) is 3.44. The molecule has 0 atom stereocenters. The number of hydrogen-bond acceptors (Lipinski definition) is 1. The van der Waals surface area contributed by atoms with E-state index in [0.29, 0.717) is 23.7 Å². The molecule has 3 nitrogen and oxygen atoms in total. The molecule has 1 aliphatic heterocycles. The fourth-order valence-corrected chi connectivity index (χ4v) is 15.9. The molecule has 2 aromatic carbocycles. The van der Waals surface area contributed by atoms with E-state index in [-0.39, 0.29) is 32.7 Å². The van der Waals surface area contributed by atoms with Gasteiger partial charge in [-0.15, -0.1) is 40.6 Å². The SMILES string of the molecule is C1CCOC1.CC(C)c1cccc(C(C)C)c1[N-]CC[N-]c1c(C(C)C)cccc1C(C)C.C[Si](C)(C)[CH-][Si](C)(C)C.[Y+3]. The van der Waals surface area contributed by atoms with Gasteiger partial charge in [0, 0.05) is 13.2 Å². The topological polar surface area (TPSA) is 37.4 Å². The van der Waals surface area contributed by atoms with Gasteiger partial charge < -0.3 is 21.0 Å². The van der Waals surface area contributed by atoms with Crippen LogP contribution in [0.15, 0.2) is 36.4 Å². The number of nitrogens with zero attached hydrogens (tertiary/aromatic N) is 2. The molecule has 1 saturated heterocycles. The molecule has 3 rings (SSSR count). The second kappa shape index (κ2) is 20.6. The van der Waals surface area contributed by atoms with Crippen molar-refractivity contribution in [3.8, 4) is 0 Å². The molecule has 0 unspecified atom stereocenters. The Morgan fingerprint density at radius 3 is 1.02 bits per heavy atom. The summed E-state index contributed by atoms with van der Waals surface area (Å²) in [6.07, 6.45) is 2.56. The van der Waals surface area contributed by atoms with Gasteiger partial charge in [-0.05, 0) is 36.5 Å². The zero-order chi connectivity index (χ0) is 32.1. The van der Waals surface area contributed by atoms with Crippen molar-refractivity contribution < 1.29 is 37.4 Å². The van der Waals surface area contributed by atoms with E-state index in [0.717, 1.165) is 26.3 Å². The van der Waals surface area contributed by atoms with Crippen molar-refractivity contribution in [1.82, 2.24) is 0 Å². The third-order valence-electron chi connectivity index (χ3n) is 7.02. The molecular weight excluding hydrogens is 633 g/mol. The first kappa shape index (κ1) is 42.5. The minimum Gasteiger partial charge on any atom is -0.685 e. The molecule has 0 amide bonds. The molecule has 0 aliphatic carbocycles. The molecule has 43 heavy (non-hydrogen) atoms. The third kappa shape index (κ3) is 17.1. The van der Waals surface area contributed by atoms with Gasteiger partial charge >= 0.3 is 32.7 Å². The summed E-state index contributed by atoms with van der Waals surface area (Å²) in [4.78, 5) is 0. The van der Waals surface area contributed by atoms with E-state index in [4.69, 9.17) is 15.4 Å². The van der Waals surface area contributed by atoms with Gasteiger partial charge in [-0.1, -0.05) is 153 Å². The molecule has 0 N–H and O–H groups in total. The summed E-state index contributed by atoms with van der Waals surface area (Å²) in [5.41, 5.74) is 10.4. The van der Waals surface area contributed by atoms with Crippen LogP contribution in [0.1, 0.15) is 114 Å². The van der Waals surface area contributed by atoms with Crippen LogP contribution in [0.5, 0.6) is 0 Å². The minimum absolute atomic E-state index is 0. The van der Waals surface area contributed by atoms with Crippen LogP contribution < -0.4 is 0 Å². The smallest absolute Gasteiger partial charge is 0.685 e. The van der Waals surface area contributed by atoms with Crippen molar-refractivity contribution in [2.45, 2.75) is 131 Å². The largest absolute Gasteiger partial charge is 3.00 e. The summed E-state index contributed by atoms with van der Waals surface area (Å²) in [7, 11) is -1.71. The molecule has 0 radical (unpaired) electrons. The monoisotopic (exact) mass is 698 g/mol. The summed E-state index contributed by atoms with van der Waals surface area (Å²) in [6, 6.07) is 13.2. The van der Waals surface area contributed by atoms with Crippen molar-refractivity contribution in [3.05, 3.63) is 75.0 Å². The number of ether oxygens (including phenoxy) is 1. The maximum atomic E-state index is 5.02. The first-order valence-electron chi connectivity index (χ1n) is 16.5. The van der Waals surface area contributed by atoms with Gasteiger partial charge in [-0.3, -0.25) is 0 Å².